The first-order valence-corrected chi connectivity index (χ1v) is 13.7. The average Bonchev–Trinajstić information content (AvgIpc) is 3.32. The van der Waals surface area contributed by atoms with Crippen LogP contribution in [-0.4, -0.2) is 70.7 Å². The number of carboxylic acids is 1. The van der Waals surface area contributed by atoms with Crippen molar-refractivity contribution in [1.82, 2.24) is 10.2 Å². The van der Waals surface area contributed by atoms with E-state index in [1.54, 1.807) is 48.5 Å². The number of hydrogen-bond donors (Lipinski definition) is 4. The van der Waals surface area contributed by atoms with Crippen molar-refractivity contribution in [1.29, 1.82) is 0 Å². The third kappa shape index (κ3) is 14.4. The molecule has 4 amide bonds. The highest BCUT2D eigenvalue weighted by atomic mass is 35.5. The van der Waals surface area contributed by atoms with E-state index in [1.165, 1.54) is 0 Å². The smallest absolute Gasteiger partial charge is 0.373 e. The second kappa shape index (κ2) is 20.6. The van der Waals surface area contributed by atoms with E-state index in [0.29, 0.717) is 42.7 Å². The van der Waals surface area contributed by atoms with Crippen molar-refractivity contribution >= 4 is 71.0 Å². The van der Waals surface area contributed by atoms with E-state index >= 15 is 0 Å². The van der Waals surface area contributed by atoms with Crippen molar-refractivity contribution in [3.63, 3.8) is 0 Å². The Morgan fingerprint density at radius 3 is 1.93 bits per heavy atom. The Bertz CT molecular complexity index is 1450. The third-order valence-corrected chi connectivity index (χ3v) is 6.19. The van der Waals surface area contributed by atoms with E-state index in [4.69, 9.17) is 20.4 Å². The number of azo groups is 1. The van der Waals surface area contributed by atoms with Gasteiger partial charge in [-0.05, 0) is 54.8 Å². The van der Waals surface area contributed by atoms with E-state index < -0.39 is 29.7 Å². The summed E-state index contributed by atoms with van der Waals surface area (Å²) in [6.07, 6.45) is 5.13. The molecule has 0 fully saturated rings. The number of Topliss-reactive ketones (excluding diaryl/α,β-unsaturated/α-hetero) is 1. The molecule has 0 radical (unpaired) electrons. The van der Waals surface area contributed by atoms with Gasteiger partial charge in [-0.25, -0.2) is 0 Å². The van der Waals surface area contributed by atoms with Crippen LogP contribution in [0, 0.1) is 0 Å². The summed E-state index contributed by atoms with van der Waals surface area (Å²) in [6, 6.07) is 12.6. The number of nitrogens with one attached hydrogen (secondary N) is 2. The molecule has 1 heterocycles. The molecule has 2 aromatic carbocycles. The highest BCUT2D eigenvalue weighted by molar-refractivity contribution is 6.15. The standard InChI is InChI=1S/C29H32N6O7.CO2.ClH/c30-24(29(41)42)4-2-1-3-5-25(37)31-17-23(36)16-19-6-8-21(9-7-19)33-34-22-12-10-20(11-13-22)32-26(38)18-35-27(39)14-15-28(35)40;2-1-3;/h6-15,24H,1-5,16-18,30H2,(H,31,37)(H,32,38)(H,41,42);;1H/t24-;;/m0../s1. The summed E-state index contributed by atoms with van der Waals surface area (Å²) in [7, 11) is 0. The van der Waals surface area contributed by atoms with Gasteiger partial charge in [0.25, 0.3) is 11.8 Å². The summed E-state index contributed by atoms with van der Waals surface area (Å²) in [5.74, 6) is -2.99. The highest BCUT2D eigenvalue weighted by Gasteiger charge is 2.25. The number of amides is 4. The lowest BCUT2D eigenvalue weighted by atomic mass is 10.1. The fourth-order valence-corrected chi connectivity index (χ4v) is 3.86. The minimum atomic E-state index is -1.04. The summed E-state index contributed by atoms with van der Waals surface area (Å²) in [6.45, 7) is -0.455. The van der Waals surface area contributed by atoms with E-state index in [0.717, 1.165) is 22.6 Å². The number of carbonyl (C=O) groups excluding carboxylic acids is 7. The zero-order valence-corrected chi connectivity index (χ0v) is 25.4. The molecule has 0 aromatic heterocycles. The Balaban J connectivity index is 0.00000254. The molecular weight excluding hydrogens is 624 g/mol. The zero-order chi connectivity index (χ0) is 33.2. The second-order valence-corrected chi connectivity index (χ2v) is 9.68. The van der Waals surface area contributed by atoms with Gasteiger partial charge in [-0.3, -0.25) is 33.7 Å². The minimum absolute atomic E-state index is 0. The second-order valence-electron chi connectivity index (χ2n) is 9.68. The zero-order valence-electron chi connectivity index (χ0n) is 24.5. The first-order chi connectivity index (χ1) is 21.5. The topological polar surface area (TPSA) is 235 Å². The maximum Gasteiger partial charge on any atom is 0.373 e. The average molecular weight is 657 g/mol. The molecule has 15 nitrogen and oxygen atoms in total. The van der Waals surface area contributed by atoms with Crippen molar-refractivity contribution in [2.24, 2.45) is 16.0 Å². The van der Waals surface area contributed by atoms with Crippen LogP contribution in [0.3, 0.4) is 0 Å². The number of imide groups is 1. The van der Waals surface area contributed by atoms with Gasteiger partial charge in [0, 0.05) is 30.7 Å². The van der Waals surface area contributed by atoms with Crippen LogP contribution in [0.15, 0.2) is 70.9 Å². The molecule has 0 saturated heterocycles. The van der Waals surface area contributed by atoms with Gasteiger partial charge in [0.2, 0.25) is 11.8 Å². The highest BCUT2D eigenvalue weighted by Crippen LogP contribution is 2.21. The van der Waals surface area contributed by atoms with Crippen LogP contribution in [0.25, 0.3) is 0 Å². The van der Waals surface area contributed by atoms with E-state index in [1.807, 2.05) is 0 Å². The molecule has 0 unspecified atom stereocenters. The Kier molecular flexibility index (Phi) is 17.3. The fraction of sp³-hybridized carbons (Fsp3) is 0.300. The first-order valence-electron chi connectivity index (χ1n) is 13.7. The number of carboxylic acid groups (broad SMARTS) is 1. The number of rotatable bonds is 16. The number of aliphatic carboxylic acids is 1. The van der Waals surface area contributed by atoms with E-state index in [9.17, 15) is 28.8 Å². The number of carbonyl (C=O) groups is 6. The van der Waals surface area contributed by atoms with Crippen LogP contribution in [-0.2, 0) is 44.8 Å². The Morgan fingerprint density at radius 1 is 0.848 bits per heavy atom. The quantitative estimate of drug-likeness (QED) is 0.117. The van der Waals surface area contributed by atoms with Crippen LogP contribution < -0.4 is 16.4 Å². The molecule has 5 N–H and O–H groups in total. The van der Waals surface area contributed by atoms with Crippen molar-refractivity contribution in [3.8, 4) is 0 Å². The number of nitrogens with zero attached hydrogens (tertiary/aromatic N) is 3. The molecule has 0 saturated carbocycles. The Hall–Kier alpha value is -5.37. The molecule has 1 aliphatic heterocycles. The summed E-state index contributed by atoms with van der Waals surface area (Å²) in [5.41, 5.74) is 7.76. The molecular formula is C30H33ClN6O9. The number of unbranched alkanes of at least 4 members (excludes halogenated alkanes) is 2. The van der Waals surface area contributed by atoms with Gasteiger partial charge >= 0.3 is 12.1 Å². The predicted molar refractivity (Wildman–Crippen MR) is 164 cm³/mol. The maximum atomic E-state index is 12.2. The fourth-order valence-electron chi connectivity index (χ4n) is 3.86. The van der Waals surface area contributed by atoms with Crippen LogP contribution >= 0.6 is 12.4 Å². The Morgan fingerprint density at radius 2 is 1.39 bits per heavy atom. The first kappa shape index (κ1) is 38.7. The molecule has 1 atom stereocenters. The van der Waals surface area contributed by atoms with Crippen LogP contribution in [0.5, 0.6) is 0 Å². The van der Waals surface area contributed by atoms with Gasteiger partial charge in [-0.15, -0.1) is 12.4 Å². The molecule has 46 heavy (non-hydrogen) atoms. The summed E-state index contributed by atoms with van der Waals surface area (Å²) < 4.78 is 0. The monoisotopic (exact) mass is 656 g/mol. The maximum absolute atomic E-state index is 12.2. The molecule has 2 aromatic rings. The number of halogens is 1. The van der Waals surface area contributed by atoms with Gasteiger partial charge < -0.3 is 21.5 Å². The van der Waals surface area contributed by atoms with Gasteiger partial charge in [0.05, 0.1) is 17.9 Å². The number of hydrogen-bond acceptors (Lipinski definition) is 11. The van der Waals surface area contributed by atoms with Gasteiger partial charge in [0.15, 0.2) is 5.78 Å². The molecule has 0 aliphatic carbocycles. The van der Waals surface area contributed by atoms with Crippen molar-refractivity contribution in [2.45, 2.75) is 44.6 Å². The van der Waals surface area contributed by atoms with Gasteiger partial charge in [-0.1, -0.05) is 25.0 Å². The van der Waals surface area contributed by atoms with Crippen LogP contribution in [0.2, 0.25) is 0 Å². The normalized spacial score (nSPS) is 12.4. The van der Waals surface area contributed by atoms with Crippen molar-refractivity contribution in [3.05, 3.63) is 66.2 Å². The number of ketones is 1. The third-order valence-electron chi connectivity index (χ3n) is 6.19. The van der Waals surface area contributed by atoms with Gasteiger partial charge in [-0.2, -0.15) is 19.8 Å². The van der Waals surface area contributed by atoms with Gasteiger partial charge in [0.1, 0.15) is 12.6 Å². The van der Waals surface area contributed by atoms with E-state index in [2.05, 4.69) is 20.9 Å². The Labute approximate surface area is 269 Å². The van der Waals surface area contributed by atoms with Crippen molar-refractivity contribution < 1.29 is 43.5 Å². The lowest BCUT2D eigenvalue weighted by Gasteiger charge is -2.13. The minimum Gasteiger partial charge on any atom is -0.480 e. The molecule has 3 rings (SSSR count). The SMILES string of the molecule is Cl.N[C@@H](CCCCCC(=O)NCC(=O)Cc1ccc(N=Nc2ccc(NC(=O)CN3C(=O)C=CC3=O)cc2)cc1)C(=O)O.O=C=O. The van der Waals surface area contributed by atoms with Crippen LogP contribution in [0.1, 0.15) is 37.7 Å². The lowest BCUT2D eigenvalue weighted by molar-refractivity contribution is -0.191. The largest absolute Gasteiger partial charge is 0.480 e. The molecule has 0 spiro atoms. The predicted octanol–water partition coefficient (Wildman–Crippen LogP) is 2.39. The molecule has 16 heteroatoms. The number of nitrogens with two attached hydrogens (primary N) is 1. The summed E-state index contributed by atoms with van der Waals surface area (Å²) >= 11 is 0. The summed E-state index contributed by atoms with van der Waals surface area (Å²) in [5, 5.41) is 22.3. The molecule has 244 valence electrons. The van der Waals surface area contributed by atoms with Crippen LogP contribution in [0.4, 0.5) is 17.1 Å². The number of benzene rings is 2. The summed E-state index contributed by atoms with van der Waals surface area (Å²) in [4.78, 5) is 87.2. The van der Waals surface area contributed by atoms with Crippen molar-refractivity contribution in [2.75, 3.05) is 18.4 Å². The number of anilines is 1. The molecule has 0 bridgehead atoms. The van der Waals surface area contributed by atoms with E-state index in [-0.39, 0.29) is 56.2 Å². The molecule has 1 aliphatic rings. The lowest BCUT2D eigenvalue weighted by Crippen LogP contribution is -2.37.